The van der Waals surface area contributed by atoms with E-state index in [2.05, 4.69) is 5.32 Å². The van der Waals surface area contributed by atoms with Crippen LogP contribution in [0.1, 0.15) is 13.3 Å². The topological polar surface area (TPSA) is 66.5 Å². The van der Waals surface area contributed by atoms with Gasteiger partial charge in [-0.2, -0.15) is 0 Å². The van der Waals surface area contributed by atoms with E-state index in [4.69, 9.17) is 0 Å². The molecule has 0 aliphatic carbocycles. The van der Waals surface area contributed by atoms with E-state index in [9.17, 15) is 14.4 Å². The Hall–Kier alpha value is -1.47. The molecule has 22 heavy (non-hydrogen) atoms. The maximum atomic E-state index is 12.2. The number of imide groups is 1. The van der Waals surface area contributed by atoms with Gasteiger partial charge >= 0.3 is 0 Å². The highest BCUT2D eigenvalue weighted by Gasteiger charge is 2.29. The highest BCUT2D eigenvalue weighted by molar-refractivity contribution is 8.14. The number of nitrogens with one attached hydrogen (secondary N) is 1. The minimum absolute atomic E-state index is 0.0666. The fourth-order valence-electron chi connectivity index (χ4n) is 1.99. The van der Waals surface area contributed by atoms with Crippen molar-refractivity contribution in [2.75, 3.05) is 18.8 Å². The van der Waals surface area contributed by atoms with Gasteiger partial charge in [-0.25, -0.2) is 0 Å². The van der Waals surface area contributed by atoms with Crippen LogP contribution in [-0.4, -0.2) is 46.0 Å². The molecule has 2 rings (SSSR count). The van der Waals surface area contributed by atoms with E-state index in [1.807, 2.05) is 37.3 Å². The van der Waals surface area contributed by atoms with Crippen LogP contribution in [0.25, 0.3) is 0 Å². The predicted molar refractivity (Wildman–Crippen MR) is 89.0 cm³/mol. The molecule has 5 nitrogen and oxygen atoms in total. The minimum atomic E-state index is -0.232. The SMILES string of the molecule is CC[C@H](Sc1ccccc1)C(=O)NCCN1C(=O)CSC1=O. The summed E-state index contributed by atoms with van der Waals surface area (Å²) in [5, 5.41) is 2.40. The largest absolute Gasteiger partial charge is 0.353 e. The van der Waals surface area contributed by atoms with Crippen LogP contribution in [0.5, 0.6) is 0 Å². The van der Waals surface area contributed by atoms with Gasteiger partial charge in [0.05, 0.1) is 11.0 Å². The van der Waals surface area contributed by atoms with E-state index in [-0.39, 0.29) is 34.6 Å². The molecule has 1 heterocycles. The monoisotopic (exact) mass is 338 g/mol. The van der Waals surface area contributed by atoms with Crippen LogP contribution in [-0.2, 0) is 9.59 Å². The molecule has 1 aliphatic heterocycles. The van der Waals surface area contributed by atoms with E-state index >= 15 is 0 Å². The number of rotatable bonds is 7. The third-order valence-corrected chi connectivity index (χ3v) is 5.39. The maximum absolute atomic E-state index is 12.2. The molecule has 7 heteroatoms. The Bertz CT molecular complexity index is 535. The number of benzene rings is 1. The van der Waals surface area contributed by atoms with Gasteiger partial charge in [-0.05, 0) is 18.6 Å². The van der Waals surface area contributed by atoms with Crippen LogP contribution in [0.3, 0.4) is 0 Å². The third-order valence-electron chi connectivity index (χ3n) is 3.16. The zero-order valence-electron chi connectivity index (χ0n) is 12.3. The molecule has 1 aromatic carbocycles. The van der Waals surface area contributed by atoms with Crippen LogP contribution < -0.4 is 5.32 Å². The van der Waals surface area contributed by atoms with Gasteiger partial charge in [0.25, 0.3) is 5.24 Å². The molecule has 3 amide bonds. The summed E-state index contributed by atoms with van der Waals surface area (Å²) < 4.78 is 0. The Labute approximate surface area is 138 Å². The second-order valence-corrected chi connectivity index (χ2v) is 6.92. The molecule has 1 fully saturated rings. The van der Waals surface area contributed by atoms with Gasteiger partial charge in [0.2, 0.25) is 11.8 Å². The molecule has 1 N–H and O–H groups in total. The van der Waals surface area contributed by atoms with E-state index in [0.717, 1.165) is 16.7 Å². The first-order valence-electron chi connectivity index (χ1n) is 7.08. The maximum Gasteiger partial charge on any atom is 0.288 e. The minimum Gasteiger partial charge on any atom is -0.353 e. The van der Waals surface area contributed by atoms with Crippen molar-refractivity contribution in [1.29, 1.82) is 0 Å². The summed E-state index contributed by atoms with van der Waals surface area (Å²) in [6, 6.07) is 9.76. The Morgan fingerprint density at radius 3 is 2.68 bits per heavy atom. The number of hydrogen-bond acceptors (Lipinski definition) is 5. The number of amides is 3. The van der Waals surface area contributed by atoms with Crippen molar-refractivity contribution >= 4 is 40.6 Å². The summed E-state index contributed by atoms with van der Waals surface area (Å²) >= 11 is 2.52. The molecule has 1 saturated heterocycles. The van der Waals surface area contributed by atoms with Gasteiger partial charge in [-0.15, -0.1) is 11.8 Å². The average molecular weight is 338 g/mol. The van der Waals surface area contributed by atoms with Crippen molar-refractivity contribution < 1.29 is 14.4 Å². The van der Waals surface area contributed by atoms with Crippen LogP contribution in [0.4, 0.5) is 4.79 Å². The van der Waals surface area contributed by atoms with Gasteiger partial charge < -0.3 is 5.32 Å². The zero-order valence-corrected chi connectivity index (χ0v) is 13.9. The lowest BCUT2D eigenvalue weighted by atomic mass is 10.3. The average Bonchev–Trinajstić information content (AvgIpc) is 2.85. The van der Waals surface area contributed by atoms with Crippen molar-refractivity contribution in [3.63, 3.8) is 0 Å². The van der Waals surface area contributed by atoms with E-state index in [1.165, 1.54) is 16.7 Å². The molecule has 0 unspecified atom stereocenters. The molecular weight excluding hydrogens is 320 g/mol. The van der Waals surface area contributed by atoms with E-state index in [1.54, 1.807) is 0 Å². The van der Waals surface area contributed by atoms with E-state index < -0.39 is 0 Å². The molecule has 0 aromatic heterocycles. The van der Waals surface area contributed by atoms with Gasteiger partial charge in [-0.3, -0.25) is 19.3 Å². The molecule has 0 spiro atoms. The fraction of sp³-hybridized carbons (Fsp3) is 0.400. The second-order valence-electron chi connectivity index (χ2n) is 4.72. The van der Waals surface area contributed by atoms with Gasteiger partial charge in [-0.1, -0.05) is 36.9 Å². The molecule has 0 saturated carbocycles. The van der Waals surface area contributed by atoms with Crippen LogP contribution in [0.2, 0.25) is 0 Å². The number of thioether (sulfide) groups is 2. The zero-order chi connectivity index (χ0) is 15.9. The van der Waals surface area contributed by atoms with Gasteiger partial charge in [0, 0.05) is 18.0 Å². The van der Waals surface area contributed by atoms with Crippen LogP contribution in [0.15, 0.2) is 35.2 Å². The fourth-order valence-corrected chi connectivity index (χ4v) is 3.74. The lowest BCUT2D eigenvalue weighted by Crippen LogP contribution is -2.40. The summed E-state index contributed by atoms with van der Waals surface area (Å²) in [7, 11) is 0. The standard InChI is InChI=1S/C15H18N2O3S2/c1-2-12(22-11-6-4-3-5-7-11)14(19)16-8-9-17-13(18)10-21-15(17)20/h3-7,12H,2,8-10H2,1H3,(H,16,19)/t12-/m0/s1. The van der Waals surface area contributed by atoms with Crippen molar-refractivity contribution in [2.45, 2.75) is 23.5 Å². The normalized spacial score (nSPS) is 16.0. The molecule has 1 aromatic rings. The van der Waals surface area contributed by atoms with Crippen LogP contribution >= 0.6 is 23.5 Å². The lowest BCUT2D eigenvalue weighted by Gasteiger charge is -2.17. The Kier molecular flexibility index (Phi) is 6.33. The summed E-state index contributed by atoms with van der Waals surface area (Å²) in [6.45, 7) is 2.50. The molecule has 1 aliphatic rings. The lowest BCUT2D eigenvalue weighted by molar-refractivity contribution is -0.125. The molecular formula is C15H18N2O3S2. The highest BCUT2D eigenvalue weighted by atomic mass is 32.2. The third kappa shape index (κ3) is 4.51. The van der Waals surface area contributed by atoms with Crippen molar-refractivity contribution in [3.05, 3.63) is 30.3 Å². The van der Waals surface area contributed by atoms with Crippen molar-refractivity contribution in [3.8, 4) is 0 Å². The summed E-state index contributed by atoms with van der Waals surface area (Å²) in [5.74, 6) is -0.0492. The predicted octanol–water partition coefficient (Wildman–Crippen LogP) is 2.37. The Balaban J connectivity index is 1.80. The van der Waals surface area contributed by atoms with Crippen molar-refractivity contribution in [2.24, 2.45) is 0 Å². The number of nitrogens with zero attached hydrogens (tertiary/aromatic N) is 1. The molecule has 0 bridgehead atoms. The molecule has 0 radical (unpaired) electrons. The number of carbonyl (C=O) groups excluding carboxylic acids is 3. The first kappa shape index (κ1) is 16.9. The Morgan fingerprint density at radius 2 is 2.09 bits per heavy atom. The van der Waals surface area contributed by atoms with Crippen LogP contribution in [0, 0.1) is 0 Å². The summed E-state index contributed by atoms with van der Waals surface area (Å²) in [6.07, 6.45) is 0.711. The smallest absolute Gasteiger partial charge is 0.288 e. The first-order valence-corrected chi connectivity index (χ1v) is 8.95. The van der Waals surface area contributed by atoms with Crippen molar-refractivity contribution in [1.82, 2.24) is 10.2 Å². The van der Waals surface area contributed by atoms with E-state index in [0.29, 0.717) is 13.0 Å². The summed E-state index contributed by atoms with van der Waals surface area (Å²) in [5.41, 5.74) is 0. The number of carbonyl (C=O) groups is 3. The first-order chi connectivity index (χ1) is 10.6. The second kappa shape index (κ2) is 8.24. The van der Waals surface area contributed by atoms with Gasteiger partial charge in [0.15, 0.2) is 0 Å². The van der Waals surface area contributed by atoms with Gasteiger partial charge in [0.1, 0.15) is 0 Å². The molecule has 1 atom stereocenters. The molecule has 118 valence electrons. The number of hydrogen-bond donors (Lipinski definition) is 1. The highest BCUT2D eigenvalue weighted by Crippen LogP contribution is 2.25. The Morgan fingerprint density at radius 1 is 1.36 bits per heavy atom. The summed E-state index contributed by atoms with van der Waals surface area (Å²) in [4.78, 5) is 37.3. The quantitative estimate of drug-likeness (QED) is 0.773.